The van der Waals surface area contributed by atoms with Crippen molar-refractivity contribution in [3.8, 4) is 12.3 Å². The molecule has 0 saturated carbocycles. The van der Waals surface area contributed by atoms with Crippen LogP contribution in [0.4, 0.5) is 0 Å². The van der Waals surface area contributed by atoms with Crippen molar-refractivity contribution in [2.45, 2.75) is 25.4 Å². The highest BCUT2D eigenvalue weighted by Gasteiger charge is 2.53. The topological polar surface area (TPSA) is 69.7 Å². The number of halogens is 2. The van der Waals surface area contributed by atoms with Crippen LogP contribution in [0.5, 0.6) is 0 Å². The van der Waals surface area contributed by atoms with Crippen LogP contribution in [0.3, 0.4) is 0 Å². The zero-order chi connectivity index (χ0) is 23.3. The molecule has 1 unspecified atom stereocenters. The van der Waals surface area contributed by atoms with E-state index in [0.29, 0.717) is 16.5 Å². The summed E-state index contributed by atoms with van der Waals surface area (Å²) in [7, 11) is 0. The number of carbonyl (C=O) groups is 3. The number of rotatable bonds is 7. The standard InChI is InChI=1S/C24H23Cl2N3O3/c1-3-12-29-22(31)16-28(13-11-19-9-10-20(25)14-21(19)26)23(32)24(29,27-17(2)30)15-18-7-5-4-6-8-18/h1,4-10,14H,11-13,15-16H2,2H3,(H,27,30). The summed E-state index contributed by atoms with van der Waals surface area (Å²) in [5, 5.41) is 3.74. The molecular weight excluding hydrogens is 449 g/mol. The van der Waals surface area contributed by atoms with Gasteiger partial charge in [0.2, 0.25) is 17.5 Å². The van der Waals surface area contributed by atoms with E-state index >= 15 is 0 Å². The summed E-state index contributed by atoms with van der Waals surface area (Å²) < 4.78 is 0. The molecule has 1 N–H and O–H groups in total. The van der Waals surface area contributed by atoms with Gasteiger partial charge >= 0.3 is 0 Å². The number of nitrogens with one attached hydrogen (secondary N) is 1. The fourth-order valence-corrected chi connectivity index (χ4v) is 4.41. The van der Waals surface area contributed by atoms with Gasteiger partial charge < -0.3 is 10.2 Å². The summed E-state index contributed by atoms with van der Waals surface area (Å²) >= 11 is 12.2. The van der Waals surface area contributed by atoms with Gasteiger partial charge in [-0.15, -0.1) is 6.42 Å². The zero-order valence-electron chi connectivity index (χ0n) is 17.6. The summed E-state index contributed by atoms with van der Waals surface area (Å²) in [6.07, 6.45) is 6.02. The predicted octanol–water partition coefficient (Wildman–Crippen LogP) is 2.92. The van der Waals surface area contributed by atoms with E-state index in [1.54, 1.807) is 18.2 Å². The molecule has 1 heterocycles. The van der Waals surface area contributed by atoms with E-state index in [2.05, 4.69) is 11.2 Å². The Bertz CT molecular complexity index is 1070. The van der Waals surface area contributed by atoms with E-state index in [1.165, 1.54) is 16.7 Å². The van der Waals surface area contributed by atoms with Crippen molar-refractivity contribution < 1.29 is 14.4 Å². The summed E-state index contributed by atoms with van der Waals surface area (Å²) in [6, 6.07) is 14.3. The van der Waals surface area contributed by atoms with E-state index < -0.39 is 17.5 Å². The molecule has 166 valence electrons. The lowest BCUT2D eigenvalue weighted by Gasteiger charge is -2.48. The van der Waals surface area contributed by atoms with Gasteiger partial charge in [0.1, 0.15) is 0 Å². The molecule has 6 nitrogen and oxygen atoms in total. The highest BCUT2D eigenvalue weighted by molar-refractivity contribution is 6.35. The Kier molecular flexibility index (Phi) is 7.44. The highest BCUT2D eigenvalue weighted by Crippen LogP contribution is 2.28. The molecule has 32 heavy (non-hydrogen) atoms. The van der Waals surface area contributed by atoms with Crippen LogP contribution in [-0.2, 0) is 27.2 Å². The monoisotopic (exact) mass is 471 g/mol. The molecule has 1 aliphatic heterocycles. The molecule has 0 spiro atoms. The van der Waals surface area contributed by atoms with Gasteiger partial charge in [-0.3, -0.25) is 19.3 Å². The number of benzene rings is 2. The van der Waals surface area contributed by atoms with Crippen LogP contribution in [-0.4, -0.2) is 52.8 Å². The molecule has 2 aromatic carbocycles. The number of hydrogen-bond donors (Lipinski definition) is 1. The largest absolute Gasteiger partial charge is 0.329 e. The maximum atomic E-state index is 13.8. The van der Waals surface area contributed by atoms with Crippen molar-refractivity contribution in [3.63, 3.8) is 0 Å². The van der Waals surface area contributed by atoms with Gasteiger partial charge in [0.25, 0.3) is 5.91 Å². The number of piperazine rings is 1. The number of carbonyl (C=O) groups excluding carboxylic acids is 3. The molecule has 3 rings (SSSR count). The predicted molar refractivity (Wildman–Crippen MR) is 124 cm³/mol. The van der Waals surface area contributed by atoms with Gasteiger partial charge in [-0.05, 0) is 29.7 Å². The lowest BCUT2D eigenvalue weighted by molar-refractivity contribution is -0.168. The minimum Gasteiger partial charge on any atom is -0.329 e. The average Bonchev–Trinajstić information content (AvgIpc) is 2.74. The molecule has 1 saturated heterocycles. The average molecular weight is 472 g/mol. The van der Waals surface area contributed by atoms with Crippen molar-refractivity contribution in [1.82, 2.24) is 15.1 Å². The first-order valence-corrected chi connectivity index (χ1v) is 10.8. The van der Waals surface area contributed by atoms with Gasteiger partial charge in [0.15, 0.2) is 0 Å². The van der Waals surface area contributed by atoms with Crippen LogP contribution in [0.1, 0.15) is 18.1 Å². The Morgan fingerprint density at radius 2 is 1.91 bits per heavy atom. The van der Waals surface area contributed by atoms with Crippen molar-refractivity contribution in [2.24, 2.45) is 0 Å². The first kappa shape index (κ1) is 23.6. The maximum absolute atomic E-state index is 13.8. The minimum absolute atomic E-state index is 0.0951. The zero-order valence-corrected chi connectivity index (χ0v) is 19.1. The fraction of sp³-hybridized carbons (Fsp3) is 0.292. The minimum atomic E-state index is -1.61. The third-order valence-corrected chi connectivity index (χ3v) is 5.92. The molecule has 0 aromatic heterocycles. The lowest BCUT2D eigenvalue weighted by Crippen LogP contribution is -2.75. The Morgan fingerprint density at radius 1 is 1.19 bits per heavy atom. The van der Waals surface area contributed by atoms with Crippen molar-refractivity contribution >= 4 is 40.9 Å². The molecule has 1 fully saturated rings. The van der Waals surface area contributed by atoms with Gasteiger partial charge in [0.05, 0.1) is 13.1 Å². The van der Waals surface area contributed by atoms with Crippen LogP contribution in [0.15, 0.2) is 48.5 Å². The Balaban J connectivity index is 1.96. The Morgan fingerprint density at radius 3 is 2.53 bits per heavy atom. The summed E-state index contributed by atoms with van der Waals surface area (Å²) in [5.41, 5.74) is -0.0267. The van der Waals surface area contributed by atoms with Gasteiger partial charge in [-0.25, -0.2) is 0 Å². The van der Waals surface area contributed by atoms with E-state index in [9.17, 15) is 14.4 Å². The van der Waals surface area contributed by atoms with Crippen molar-refractivity contribution in [2.75, 3.05) is 19.6 Å². The summed E-state index contributed by atoms with van der Waals surface area (Å²) in [5.74, 6) is 1.27. The number of hydrogen-bond acceptors (Lipinski definition) is 3. The second-order valence-corrected chi connectivity index (χ2v) is 8.44. The third-order valence-electron chi connectivity index (χ3n) is 5.33. The fourth-order valence-electron chi connectivity index (χ4n) is 3.90. The Hall–Kier alpha value is -3.01. The first-order valence-electron chi connectivity index (χ1n) is 10.1. The number of terminal acetylenes is 1. The number of nitrogens with zero attached hydrogens (tertiary/aromatic N) is 2. The van der Waals surface area contributed by atoms with Crippen LogP contribution < -0.4 is 5.32 Å². The highest BCUT2D eigenvalue weighted by atomic mass is 35.5. The summed E-state index contributed by atoms with van der Waals surface area (Å²) in [4.78, 5) is 41.8. The molecule has 8 heteroatoms. The molecule has 0 radical (unpaired) electrons. The normalized spacial score (nSPS) is 18.4. The van der Waals surface area contributed by atoms with Crippen molar-refractivity contribution in [1.29, 1.82) is 0 Å². The second kappa shape index (κ2) is 10.1. The maximum Gasteiger partial charge on any atom is 0.270 e. The third kappa shape index (κ3) is 5.07. The molecule has 0 aliphatic carbocycles. The second-order valence-electron chi connectivity index (χ2n) is 7.60. The lowest BCUT2D eigenvalue weighted by atomic mass is 9.92. The van der Waals surface area contributed by atoms with E-state index in [4.69, 9.17) is 29.6 Å². The molecule has 1 aliphatic rings. The quantitative estimate of drug-likeness (QED) is 0.631. The van der Waals surface area contributed by atoms with Crippen LogP contribution >= 0.6 is 23.2 Å². The SMILES string of the molecule is C#CCN1C(=O)CN(CCc2ccc(Cl)cc2Cl)C(=O)C1(Cc1ccccc1)NC(C)=O. The van der Waals surface area contributed by atoms with Crippen molar-refractivity contribution in [3.05, 3.63) is 69.7 Å². The van der Waals surface area contributed by atoms with E-state index in [0.717, 1.165) is 11.1 Å². The van der Waals surface area contributed by atoms with Gasteiger partial charge in [0, 0.05) is 29.9 Å². The molecular formula is C24H23Cl2N3O3. The smallest absolute Gasteiger partial charge is 0.270 e. The summed E-state index contributed by atoms with van der Waals surface area (Å²) in [6.45, 7) is 1.31. The van der Waals surface area contributed by atoms with Crippen LogP contribution in [0.25, 0.3) is 0 Å². The van der Waals surface area contributed by atoms with Gasteiger partial charge in [-0.2, -0.15) is 0 Å². The van der Waals surface area contributed by atoms with E-state index in [1.807, 2.05) is 30.3 Å². The van der Waals surface area contributed by atoms with Crippen LogP contribution in [0, 0.1) is 12.3 Å². The number of amides is 3. The molecule has 3 amide bonds. The van der Waals surface area contributed by atoms with E-state index in [-0.39, 0.29) is 32.0 Å². The molecule has 2 aromatic rings. The Labute approximate surface area is 197 Å². The molecule has 0 bridgehead atoms. The first-order chi connectivity index (χ1) is 15.3. The van der Waals surface area contributed by atoms with Gasteiger partial charge in [-0.1, -0.05) is 65.5 Å². The van der Waals surface area contributed by atoms with Crippen LogP contribution in [0.2, 0.25) is 10.0 Å². The molecule has 1 atom stereocenters.